The molecule has 1 radical (unpaired) electrons. The molecule has 0 spiro atoms. The third-order valence-corrected chi connectivity index (χ3v) is 3.98. The van der Waals surface area contributed by atoms with Crippen molar-refractivity contribution in [2.75, 3.05) is 13.2 Å². The molecule has 0 aromatic carbocycles. The second-order valence-corrected chi connectivity index (χ2v) is 5.92. The number of hydrogen-bond acceptors (Lipinski definition) is 12. The fourth-order valence-electron chi connectivity index (χ4n) is 2.57. The number of hydrogen-bond donors (Lipinski definition) is 9. The Morgan fingerprint density at radius 2 is 1.33 bits per heavy atom. The Morgan fingerprint density at radius 3 is 1.81 bits per heavy atom. The van der Waals surface area contributed by atoms with E-state index in [1.165, 1.54) is 0 Å². The Balaban J connectivity index is 0.000000828. The van der Waals surface area contributed by atoms with Crippen LogP contribution in [0.25, 0.3) is 0 Å². The maximum Gasteiger partial charge on any atom is 0.303 e. The van der Waals surface area contributed by atoms with Crippen LogP contribution in [0.5, 0.6) is 0 Å². The summed E-state index contributed by atoms with van der Waals surface area (Å²) in [6.45, 7) is 1.21. The molecule has 2 aliphatic rings. The van der Waals surface area contributed by atoms with Crippen molar-refractivity contribution in [1.29, 1.82) is 0 Å². The van der Waals surface area contributed by atoms with Crippen LogP contribution in [0.3, 0.4) is 0 Å². The molecule has 9 N–H and O–H groups in total. The number of carboxylic acid groups (broad SMARTS) is 1. The smallest absolute Gasteiger partial charge is 0.303 e. The lowest BCUT2D eigenvalue weighted by Crippen LogP contribution is -2.64. The first kappa shape index (κ1) is 24.1. The molecule has 0 bridgehead atoms. The maximum atomic E-state index is 9.94. The lowest BCUT2D eigenvalue weighted by Gasteiger charge is -2.45. The summed E-state index contributed by atoms with van der Waals surface area (Å²) >= 11 is 0. The summed E-state index contributed by atoms with van der Waals surface area (Å²) in [5.74, 6) is -1.08. The third kappa shape index (κ3) is 6.00. The van der Waals surface area contributed by atoms with Gasteiger partial charge in [0.05, 0.1) is 20.1 Å². The minimum absolute atomic E-state index is 0.667. The summed E-state index contributed by atoms with van der Waals surface area (Å²) in [5, 5.41) is 83.8. The molecule has 0 saturated carbocycles. The van der Waals surface area contributed by atoms with Crippen molar-refractivity contribution in [2.45, 2.75) is 61.4 Å². The number of carbonyl (C=O) groups is 1. The van der Waals surface area contributed by atoms with Gasteiger partial charge in [-0.2, -0.15) is 0 Å². The van der Waals surface area contributed by atoms with Crippen LogP contribution in [0.4, 0.5) is 0 Å². The predicted octanol–water partition coefficient (Wildman–Crippen LogP) is -5.49. The van der Waals surface area contributed by atoms with Crippen LogP contribution in [0, 0.1) is 6.92 Å². The molecule has 27 heavy (non-hydrogen) atoms. The number of aliphatic carboxylic acids is 1. The minimum atomic E-state index is -1.74. The van der Waals surface area contributed by atoms with Crippen LogP contribution >= 0.6 is 0 Å². The van der Waals surface area contributed by atoms with E-state index in [9.17, 15) is 35.7 Å². The van der Waals surface area contributed by atoms with Gasteiger partial charge in [-0.05, 0) is 0 Å². The van der Waals surface area contributed by atoms with Crippen LogP contribution < -0.4 is 0 Å². The summed E-state index contributed by atoms with van der Waals surface area (Å²) in [7, 11) is 0. The van der Waals surface area contributed by atoms with Gasteiger partial charge >= 0.3 is 5.97 Å². The standard InChI is InChI=1S/C12H22O11.C2H3O2/c13-1-3-5(15)6(16)9(19)12(22-3)23-10-4(2-14)21-11(20)8(18)7(10)17;1-2(3)4/h3-20H,1-2H2;1H2,(H,3,4). The van der Waals surface area contributed by atoms with E-state index in [1.807, 2.05) is 0 Å². The van der Waals surface area contributed by atoms with Crippen LogP contribution in [-0.2, 0) is 19.0 Å². The van der Waals surface area contributed by atoms with Gasteiger partial charge in [0.25, 0.3) is 0 Å². The zero-order chi connectivity index (χ0) is 20.9. The van der Waals surface area contributed by atoms with E-state index in [1.54, 1.807) is 0 Å². The van der Waals surface area contributed by atoms with Crippen LogP contribution in [0.15, 0.2) is 0 Å². The highest BCUT2D eigenvalue weighted by Crippen LogP contribution is 2.28. The van der Waals surface area contributed by atoms with Crippen molar-refractivity contribution in [1.82, 2.24) is 0 Å². The number of carboxylic acids is 1. The van der Waals surface area contributed by atoms with Crippen LogP contribution in [0.1, 0.15) is 0 Å². The Bertz CT molecular complexity index is 454. The first-order valence-corrected chi connectivity index (χ1v) is 7.86. The highest BCUT2D eigenvalue weighted by atomic mass is 16.7. The summed E-state index contributed by atoms with van der Waals surface area (Å²) in [5.41, 5.74) is 0. The van der Waals surface area contributed by atoms with E-state index in [4.69, 9.17) is 29.2 Å². The number of aliphatic hydroxyl groups excluding tert-OH is 8. The van der Waals surface area contributed by atoms with E-state index >= 15 is 0 Å². The Kier molecular flexibility index (Phi) is 9.40. The topological polar surface area (TPSA) is 227 Å². The summed E-state index contributed by atoms with van der Waals surface area (Å²) < 4.78 is 15.3. The first-order valence-electron chi connectivity index (χ1n) is 7.86. The summed E-state index contributed by atoms with van der Waals surface area (Å²) in [4.78, 5) is 8.89. The molecule has 13 heteroatoms. The van der Waals surface area contributed by atoms with Crippen molar-refractivity contribution in [2.24, 2.45) is 0 Å². The lowest BCUT2D eigenvalue weighted by atomic mass is 9.97. The van der Waals surface area contributed by atoms with Crippen molar-refractivity contribution in [3.63, 3.8) is 0 Å². The number of ether oxygens (including phenoxy) is 3. The lowest BCUT2D eigenvalue weighted by molar-refractivity contribution is -0.355. The maximum absolute atomic E-state index is 9.94. The Morgan fingerprint density at radius 1 is 0.815 bits per heavy atom. The van der Waals surface area contributed by atoms with Gasteiger partial charge in [-0.3, -0.25) is 4.79 Å². The van der Waals surface area contributed by atoms with E-state index < -0.39 is 80.6 Å². The molecule has 2 rings (SSSR count). The average Bonchev–Trinajstić information content (AvgIpc) is 2.61. The molecule has 2 fully saturated rings. The molecule has 2 aliphatic heterocycles. The zero-order valence-corrected chi connectivity index (χ0v) is 14.1. The van der Waals surface area contributed by atoms with Crippen LogP contribution in [-0.4, -0.2) is 127 Å². The Hall–Kier alpha value is -0.970. The molecule has 10 unspecified atom stereocenters. The molecule has 159 valence electrons. The number of aliphatic hydroxyl groups is 8. The van der Waals surface area contributed by atoms with E-state index in [0.29, 0.717) is 0 Å². The highest BCUT2D eigenvalue weighted by molar-refractivity contribution is 5.71. The Labute approximate surface area is 153 Å². The van der Waals surface area contributed by atoms with E-state index in [2.05, 4.69) is 6.92 Å². The molecular formula is C14H25O13. The van der Waals surface area contributed by atoms with Gasteiger partial charge in [0.15, 0.2) is 12.6 Å². The molecular weight excluding hydrogens is 376 g/mol. The normalized spacial score (nSPS) is 44.9. The first-order chi connectivity index (χ1) is 12.5. The van der Waals surface area contributed by atoms with E-state index in [-0.39, 0.29) is 0 Å². The summed E-state index contributed by atoms with van der Waals surface area (Å²) in [6, 6.07) is 0. The largest absolute Gasteiger partial charge is 0.481 e. The summed E-state index contributed by atoms with van der Waals surface area (Å²) in [6.07, 6.45) is -15.6. The van der Waals surface area contributed by atoms with Crippen molar-refractivity contribution >= 4 is 5.97 Å². The molecule has 10 atom stereocenters. The predicted molar refractivity (Wildman–Crippen MR) is 81.6 cm³/mol. The van der Waals surface area contributed by atoms with Gasteiger partial charge in [0, 0.05) is 0 Å². The third-order valence-electron chi connectivity index (χ3n) is 3.98. The highest BCUT2D eigenvalue weighted by Gasteiger charge is 2.50. The SMILES string of the molecule is OCC1OC(OC2C(CO)OC(O)C(O)C2O)C(O)C(O)C1O.[CH2]C(=O)O. The molecule has 0 aromatic rings. The van der Waals surface area contributed by atoms with Gasteiger partial charge in [-0.1, -0.05) is 0 Å². The molecule has 0 amide bonds. The molecule has 0 aliphatic carbocycles. The fraction of sp³-hybridized carbons (Fsp3) is 0.857. The second-order valence-electron chi connectivity index (χ2n) is 5.92. The fourth-order valence-corrected chi connectivity index (χ4v) is 2.57. The quantitative estimate of drug-likeness (QED) is 0.214. The van der Waals surface area contributed by atoms with Gasteiger partial charge < -0.3 is 60.2 Å². The zero-order valence-electron chi connectivity index (χ0n) is 14.1. The monoisotopic (exact) mass is 401 g/mol. The van der Waals surface area contributed by atoms with Gasteiger partial charge in [-0.25, -0.2) is 0 Å². The van der Waals surface area contributed by atoms with Gasteiger partial charge in [0.1, 0.15) is 48.8 Å². The van der Waals surface area contributed by atoms with Crippen molar-refractivity contribution in [3.05, 3.63) is 6.92 Å². The van der Waals surface area contributed by atoms with Crippen LogP contribution in [0.2, 0.25) is 0 Å². The van der Waals surface area contributed by atoms with Crippen molar-refractivity contribution in [3.8, 4) is 0 Å². The second kappa shape index (κ2) is 10.5. The van der Waals surface area contributed by atoms with E-state index in [0.717, 1.165) is 0 Å². The van der Waals surface area contributed by atoms with Gasteiger partial charge in [0.2, 0.25) is 0 Å². The van der Waals surface area contributed by atoms with Crippen molar-refractivity contribution < 1.29 is 65.0 Å². The molecule has 2 saturated heterocycles. The average molecular weight is 401 g/mol. The number of rotatable bonds is 4. The molecule has 0 aromatic heterocycles. The molecule has 2 heterocycles. The van der Waals surface area contributed by atoms with Gasteiger partial charge in [-0.15, -0.1) is 0 Å². The minimum Gasteiger partial charge on any atom is -0.481 e. The molecule has 13 nitrogen and oxygen atoms in total.